The van der Waals surface area contributed by atoms with E-state index in [9.17, 15) is 4.79 Å². The quantitative estimate of drug-likeness (QED) is 0.926. The number of piperidine rings is 1. The summed E-state index contributed by atoms with van der Waals surface area (Å²) in [4.78, 5) is 23.9. The molecule has 5 heteroatoms. The number of hydrogen-bond donors (Lipinski definition) is 1. The van der Waals surface area contributed by atoms with E-state index in [1.54, 1.807) is 0 Å². The van der Waals surface area contributed by atoms with E-state index < -0.39 is 0 Å². The molecule has 1 aromatic rings. The summed E-state index contributed by atoms with van der Waals surface area (Å²) >= 11 is 0. The highest BCUT2D eigenvalue weighted by Gasteiger charge is 2.26. The fourth-order valence-electron chi connectivity index (χ4n) is 3.42. The van der Waals surface area contributed by atoms with Gasteiger partial charge in [-0.2, -0.15) is 0 Å². The van der Waals surface area contributed by atoms with Crippen LogP contribution in [-0.2, 0) is 17.6 Å². The summed E-state index contributed by atoms with van der Waals surface area (Å²) in [5.74, 6) is 1.63. The van der Waals surface area contributed by atoms with Crippen LogP contribution >= 0.6 is 0 Å². The van der Waals surface area contributed by atoms with Gasteiger partial charge in [-0.15, -0.1) is 0 Å². The number of fused-ring (bicyclic) bond motifs is 1. The van der Waals surface area contributed by atoms with Crippen LogP contribution in [0, 0.1) is 11.8 Å². The van der Waals surface area contributed by atoms with E-state index in [-0.39, 0.29) is 11.8 Å². The average Bonchev–Trinajstić information content (AvgIpc) is 2.59. The van der Waals surface area contributed by atoms with Crippen molar-refractivity contribution in [3.63, 3.8) is 0 Å². The van der Waals surface area contributed by atoms with Crippen molar-refractivity contribution in [3.05, 3.63) is 17.5 Å². The molecule has 0 aromatic carbocycles. The molecule has 2 heterocycles. The van der Waals surface area contributed by atoms with Crippen molar-refractivity contribution >= 4 is 11.9 Å². The standard InChI is InChI=1S/C18H28N4O/c1-13(2)11-19-17(23)14-6-7-16-15(10-14)12-20-18(21-16)22-8-4-3-5-9-22/h12-14H,3-11H2,1-2H3,(H,19,23)/t14-/m1/s1. The van der Waals surface area contributed by atoms with Crippen LogP contribution < -0.4 is 10.2 Å². The fraction of sp³-hybridized carbons (Fsp3) is 0.722. The fourth-order valence-corrected chi connectivity index (χ4v) is 3.42. The Bertz CT molecular complexity index is 552. The largest absolute Gasteiger partial charge is 0.356 e. The summed E-state index contributed by atoms with van der Waals surface area (Å²) in [5, 5.41) is 3.06. The van der Waals surface area contributed by atoms with Crippen LogP contribution in [-0.4, -0.2) is 35.5 Å². The van der Waals surface area contributed by atoms with E-state index in [2.05, 4.69) is 29.0 Å². The topological polar surface area (TPSA) is 58.1 Å². The van der Waals surface area contributed by atoms with Gasteiger partial charge in [0.2, 0.25) is 11.9 Å². The van der Waals surface area contributed by atoms with Crippen molar-refractivity contribution in [2.24, 2.45) is 11.8 Å². The number of rotatable bonds is 4. The van der Waals surface area contributed by atoms with Crippen molar-refractivity contribution in [2.45, 2.75) is 52.4 Å². The van der Waals surface area contributed by atoms with E-state index in [0.29, 0.717) is 5.92 Å². The van der Waals surface area contributed by atoms with Crippen molar-refractivity contribution in [1.82, 2.24) is 15.3 Å². The van der Waals surface area contributed by atoms with Crippen LogP contribution in [0.25, 0.3) is 0 Å². The van der Waals surface area contributed by atoms with Crippen LogP contribution in [0.1, 0.15) is 50.8 Å². The second-order valence-electron chi connectivity index (χ2n) is 7.27. The summed E-state index contributed by atoms with van der Waals surface area (Å²) in [6.07, 6.45) is 8.30. The Kier molecular flexibility index (Phi) is 5.13. The number of aryl methyl sites for hydroxylation is 1. The first-order valence-corrected chi connectivity index (χ1v) is 9.01. The van der Waals surface area contributed by atoms with Crippen molar-refractivity contribution in [2.75, 3.05) is 24.5 Å². The SMILES string of the molecule is CC(C)CNC(=O)[C@@H]1CCc2nc(N3CCCCC3)ncc2C1. The minimum Gasteiger partial charge on any atom is -0.356 e. The van der Waals surface area contributed by atoms with Gasteiger partial charge in [-0.25, -0.2) is 9.97 Å². The van der Waals surface area contributed by atoms with E-state index in [4.69, 9.17) is 4.98 Å². The zero-order valence-electron chi connectivity index (χ0n) is 14.3. The highest BCUT2D eigenvalue weighted by atomic mass is 16.1. The first-order chi connectivity index (χ1) is 11.1. The number of nitrogens with one attached hydrogen (secondary N) is 1. The van der Waals surface area contributed by atoms with Crippen LogP contribution in [0.2, 0.25) is 0 Å². The monoisotopic (exact) mass is 316 g/mol. The molecule has 1 aliphatic heterocycles. The van der Waals surface area contributed by atoms with Crippen LogP contribution in [0.3, 0.4) is 0 Å². The molecule has 0 spiro atoms. The smallest absolute Gasteiger partial charge is 0.225 e. The predicted molar refractivity (Wildman–Crippen MR) is 91.5 cm³/mol. The maximum atomic E-state index is 12.3. The second kappa shape index (κ2) is 7.28. The lowest BCUT2D eigenvalue weighted by Crippen LogP contribution is -2.36. The van der Waals surface area contributed by atoms with Gasteiger partial charge in [0.1, 0.15) is 0 Å². The van der Waals surface area contributed by atoms with Crippen LogP contribution in [0.4, 0.5) is 5.95 Å². The van der Waals surface area contributed by atoms with Crippen molar-refractivity contribution in [1.29, 1.82) is 0 Å². The van der Waals surface area contributed by atoms with Gasteiger partial charge in [0.25, 0.3) is 0 Å². The Morgan fingerprint density at radius 2 is 2.13 bits per heavy atom. The Hall–Kier alpha value is -1.65. The maximum absolute atomic E-state index is 12.3. The van der Waals surface area contributed by atoms with Gasteiger partial charge in [0.05, 0.1) is 0 Å². The first kappa shape index (κ1) is 16.2. The number of carbonyl (C=O) groups excluding carboxylic acids is 1. The van der Waals surface area contributed by atoms with Crippen molar-refractivity contribution < 1.29 is 4.79 Å². The van der Waals surface area contributed by atoms with E-state index in [1.807, 2.05) is 6.20 Å². The Labute approximate surface area is 138 Å². The summed E-state index contributed by atoms with van der Waals surface area (Å²) < 4.78 is 0. The third-order valence-corrected chi connectivity index (χ3v) is 4.83. The normalized spacial score (nSPS) is 21.2. The summed E-state index contributed by atoms with van der Waals surface area (Å²) in [7, 11) is 0. The number of carbonyl (C=O) groups is 1. The minimum absolute atomic E-state index is 0.0747. The third kappa shape index (κ3) is 4.01. The average molecular weight is 316 g/mol. The second-order valence-corrected chi connectivity index (χ2v) is 7.27. The number of amides is 1. The molecule has 1 aliphatic carbocycles. The number of aromatic nitrogens is 2. The Morgan fingerprint density at radius 3 is 2.87 bits per heavy atom. The molecule has 1 atom stereocenters. The molecule has 1 N–H and O–H groups in total. The molecular formula is C18H28N4O. The highest BCUT2D eigenvalue weighted by molar-refractivity contribution is 5.79. The predicted octanol–water partition coefficient (Wildman–Crippen LogP) is 2.34. The summed E-state index contributed by atoms with van der Waals surface area (Å²) in [6.45, 7) is 7.13. The zero-order valence-corrected chi connectivity index (χ0v) is 14.3. The van der Waals surface area contributed by atoms with Gasteiger partial charge in [0.15, 0.2) is 0 Å². The molecule has 23 heavy (non-hydrogen) atoms. The molecule has 3 rings (SSSR count). The van der Waals surface area contributed by atoms with Gasteiger partial charge in [-0.3, -0.25) is 4.79 Å². The number of hydrogen-bond acceptors (Lipinski definition) is 4. The number of nitrogens with zero attached hydrogens (tertiary/aromatic N) is 3. The molecule has 0 unspecified atom stereocenters. The first-order valence-electron chi connectivity index (χ1n) is 9.01. The molecule has 126 valence electrons. The molecule has 0 bridgehead atoms. The lowest BCUT2D eigenvalue weighted by molar-refractivity contribution is -0.125. The lowest BCUT2D eigenvalue weighted by Gasteiger charge is -2.28. The number of anilines is 1. The highest BCUT2D eigenvalue weighted by Crippen LogP contribution is 2.26. The maximum Gasteiger partial charge on any atom is 0.225 e. The molecule has 2 aliphatic rings. The summed E-state index contributed by atoms with van der Waals surface area (Å²) in [5.41, 5.74) is 2.30. The lowest BCUT2D eigenvalue weighted by atomic mass is 9.86. The van der Waals surface area contributed by atoms with Crippen LogP contribution in [0.15, 0.2) is 6.20 Å². The molecule has 0 saturated carbocycles. The van der Waals surface area contributed by atoms with Gasteiger partial charge < -0.3 is 10.2 Å². The third-order valence-electron chi connectivity index (χ3n) is 4.83. The molecule has 5 nitrogen and oxygen atoms in total. The zero-order chi connectivity index (χ0) is 16.2. The summed E-state index contributed by atoms with van der Waals surface area (Å²) in [6, 6.07) is 0. The Morgan fingerprint density at radius 1 is 1.35 bits per heavy atom. The molecule has 1 aromatic heterocycles. The van der Waals surface area contributed by atoms with E-state index >= 15 is 0 Å². The molecule has 1 saturated heterocycles. The Balaban J connectivity index is 1.64. The van der Waals surface area contributed by atoms with Crippen LogP contribution in [0.5, 0.6) is 0 Å². The van der Waals surface area contributed by atoms with Gasteiger partial charge in [-0.05, 0) is 50.0 Å². The molecule has 1 amide bonds. The van der Waals surface area contributed by atoms with Gasteiger partial charge in [0, 0.05) is 37.4 Å². The molecule has 0 radical (unpaired) electrons. The molecule has 1 fully saturated rings. The molecular weight excluding hydrogens is 288 g/mol. The van der Waals surface area contributed by atoms with Crippen molar-refractivity contribution in [3.8, 4) is 0 Å². The minimum atomic E-state index is 0.0747. The van der Waals surface area contributed by atoms with Gasteiger partial charge in [-0.1, -0.05) is 13.8 Å². The van der Waals surface area contributed by atoms with E-state index in [0.717, 1.165) is 56.1 Å². The van der Waals surface area contributed by atoms with E-state index in [1.165, 1.54) is 19.3 Å². The van der Waals surface area contributed by atoms with Gasteiger partial charge >= 0.3 is 0 Å².